The van der Waals surface area contributed by atoms with E-state index in [0.29, 0.717) is 12.3 Å². The number of benzene rings is 1. The van der Waals surface area contributed by atoms with Crippen LogP contribution >= 0.6 is 0 Å². The topological polar surface area (TPSA) is 317 Å². The van der Waals surface area contributed by atoms with Crippen molar-refractivity contribution in [3.05, 3.63) is 34.9 Å². The van der Waals surface area contributed by atoms with Crippen molar-refractivity contribution >= 4 is 11.9 Å². The van der Waals surface area contributed by atoms with E-state index in [4.69, 9.17) is 71.5 Å². The maximum Gasteiger partial charge on any atom is 0.335 e. The van der Waals surface area contributed by atoms with Gasteiger partial charge in [-0.3, -0.25) is 0 Å². The number of carboxylic acids is 2. The lowest BCUT2D eigenvalue weighted by atomic mass is 9.89. The monoisotopic (exact) mass is 889 g/mol. The molecule has 0 aliphatic heterocycles. The van der Waals surface area contributed by atoms with Gasteiger partial charge in [0, 0.05) is 70.1 Å². The summed E-state index contributed by atoms with van der Waals surface area (Å²) in [6.07, 6.45) is 2.39. The molecule has 368 valence electrons. The molecule has 0 radical (unpaired) electrons. The van der Waals surface area contributed by atoms with Gasteiger partial charge in [-0.05, 0) is 94.7 Å². The first kappa shape index (κ1) is 70.3. The molecule has 16 nitrogen and oxygen atoms in total. The lowest BCUT2D eigenvalue weighted by Gasteiger charge is -2.24. The second-order valence-corrected chi connectivity index (χ2v) is 17.3. The molecule has 0 aliphatic carbocycles. The van der Waals surface area contributed by atoms with Crippen molar-refractivity contribution in [3.63, 3.8) is 0 Å². The number of carboxylic acid groups (broad SMARTS) is 2. The van der Waals surface area contributed by atoms with E-state index < -0.39 is 23.6 Å². The van der Waals surface area contributed by atoms with E-state index in [2.05, 4.69) is 0 Å². The molecular weight excluding hydrogens is 796 g/mol. The third-order valence-electron chi connectivity index (χ3n) is 10.4. The molecule has 7 atom stereocenters. The Balaban J connectivity index is -0.000000146. The molecule has 0 spiro atoms. The van der Waals surface area contributed by atoms with Crippen LogP contribution in [0.25, 0.3) is 0 Å². The molecule has 7 unspecified atom stereocenters. The summed E-state index contributed by atoms with van der Waals surface area (Å²) in [7, 11) is 0. The highest BCUT2D eigenvalue weighted by atomic mass is 16.4. The highest BCUT2D eigenvalue weighted by Gasteiger charge is 2.22. The quantitative estimate of drug-likeness (QED) is 0.0944. The van der Waals surface area contributed by atoms with Crippen molar-refractivity contribution in [2.45, 2.75) is 140 Å². The lowest BCUT2D eigenvalue weighted by molar-refractivity contribution is 0.000200. The average molecular weight is 889 g/mol. The zero-order chi connectivity index (χ0) is 49.7. The van der Waals surface area contributed by atoms with Crippen molar-refractivity contribution in [2.75, 3.05) is 59.5 Å². The Hall–Kier alpha value is -2.32. The second kappa shape index (κ2) is 40.5. The van der Waals surface area contributed by atoms with Crippen LogP contribution in [0.2, 0.25) is 0 Å². The third-order valence-corrected chi connectivity index (χ3v) is 10.4. The van der Waals surface area contributed by atoms with Gasteiger partial charge in [-0.25, -0.2) is 9.59 Å². The smallest absolute Gasteiger partial charge is 0.335 e. The van der Waals surface area contributed by atoms with Gasteiger partial charge in [-0.2, -0.15) is 0 Å². The van der Waals surface area contributed by atoms with Crippen molar-refractivity contribution in [1.29, 1.82) is 0 Å². The Morgan fingerprint density at radius 2 is 1.05 bits per heavy atom. The SMILES string of the molecule is CC(C)(CO)CCO.CC(CO)C(C)(C)O.CC(CO)C(C)CO.CC(O)C(C)(C)CO.CCC(CO)C(C)O.CCC(CO)CCO.Cc1c(C(=O)O)cccc1C(=O)O. The van der Waals surface area contributed by atoms with Crippen molar-refractivity contribution in [1.82, 2.24) is 0 Å². The number of carbonyl (C=O) groups is 2. The number of aromatic carboxylic acids is 2. The number of hydrogen-bond acceptors (Lipinski definition) is 14. The fourth-order valence-corrected chi connectivity index (χ4v) is 3.43. The van der Waals surface area contributed by atoms with Crippen molar-refractivity contribution < 1.29 is 81.1 Å². The predicted octanol–water partition coefficient (Wildman–Crippen LogP) is 3.57. The fourth-order valence-electron chi connectivity index (χ4n) is 3.43. The maximum atomic E-state index is 10.6. The summed E-state index contributed by atoms with van der Waals surface area (Å²) < 4.78 is 0. The summed E-state index contributed by atoms with van der Waals surface area (Å²) in [4.78, 5) is 21.2. The van der Waals surface area contributed by atoms with Gasteiger partial charge in [0.15, 0.2) is 0 Å². The molecule has 1 aromatic rings. The van der Waals surface area contributed by atoms with E-state index in [9.17, 15) is 9.59 Å². The fraction of sp³-hybridized carbons (Fsp3) is 0.822. The van der Waals surface area contributed by atoms with Crippen molar-refractivity contribution in [3.8, 4) is 0 Å². The first-order chi connectivity index (χ1) is 27.9. The van der Waals surface area contributed by atoms with Gasteiger partial charge in [-0.1, -0.05) is 74.8 Å². The standard InChI is InChI=1S/C9H8O4.6C6H14O2/c1-5-6(8(10)11)3-2-4-7(5)9(12)13;1-5(8)6(2,3)4-7;1-5(4-7)6(2,3)8;1-5(3-7)6(2)4-8;1-6(2,5-8)3-4-7;1-3-6(4-7)5(2)8;1-2-6(5-8)3-4-7/h2-4H,1H3,(H,10,11)(H,12,13);2*5,7-8H,4H2,1-3H3;5-8H,3-4H2,1-2H3;7-8H,3-5H2,1-2H3;5-8H,3-4H2,1-2H3;6-8H,2-5H2,1H3. The number of hydrogen-bond donors (Lipinski definition) is 14. The number of aliphatic hydroxyl groups excluding tert-OH is 11. The molecular formula is C45H92O16. The summed E-state index contributed by atoms with van der Waals surface area (Å²) in [5.41, 5.74) is -0.856. The van der Waals surface area contributed by atoms with E-state index in [1.54, 1.807) is 34.6 Å². The van der Waals surface area contributed by atoms with Gasteiger partial charge in [-0.15, -0.1) is 0 Å². The van der Waals surface area contributed by atoms with Crippen LogP contribution in [-0.2, 0) is 0 Å². The highest BCUT2D eigenvalue weighted by molar-refractivity contribution is 5.96. The summed E-state index contributed by atoms with van der Waals surface area (Å²) in [6.45, 7) is 26.5. The van der Waals surface area contributed by atoms with Gasteiger partial charge in [0.25, 0.3) is 0 Å². The Kier molecular flexibility index (Phi) is 46.7. The summed E-state index contributed by atoms with van der Waals surface area (Å²) in [5, 5.41) is 121. The molecule has 0 fully saturated rings. The van der Waals surface area contributed by atoms with Crippen LogP contribution in [0, 0.1) is 47.3 Å². The first-order valence-electron chi connectivity index (χ1n) is 21.1. The minimum atomic E-state index is -1.11. The molecule has 0 saturated heterocycles. The number of aliphatic hydroxyl groups is 12. The van der Waals surface area contributed by atoms with Gasteiger partial charge < -0.3 is 71.5 Å². The lowest BCUT2D eigenvalue weighted by Crippen LogP contribution is -2.30. The zero-order valence-electron chi connectivity index (χ0n) is 40.0. The zero-order valence-corrected chi connectivity index (χ0v) is 40.0. The predicted molar refractivity (Wildman–Crippen MR) is 240 cm³/mol. The largest absolute Gasteiger partial charge is 0.478 e. The minimum Gasteiger partial charge on any atom is -0.478 e. The molecule has 0 bridgehead atoms. The Morgan fingerprint density at radius 3 is 1.16 bits per heavy atom. The molecule has 1 rings (SSSR count). The van der Waals surface area contributed by atoms with E-state index >= 15 is 0 Å². The third kappa shape index (κ3) is 40.2. The normalized spacial score (nSPS) is 14.4. The molecule has 0 amide bonds. The van der Waals surface area contributed by atoms with Gasteiger partial charge in [0.1, 0.15) is 0 Å². The van der Waals surface area contributed by atoms with Crippen LogP contribution in [0.4, 0.5) is 0 Å². The minimum absolute atomic E-state index is 0.0277. The Labute approximate surface area is 367 Å². The van der Waals surface area contributed by atoms with Crippen LogP contribution in [-0.4, -0.2) is 161 Å². The highest BCUT2D eigenvalue weighted by Crippen LogP contribution is 2.19. The van der Waals surface area contributed by atoms with E-state index in [1.165, 1.54) is 25.1 Å². The van der Waals surface area contributed by atoms with Crippen molar-refractivity contribution in [2.24, 2.45) is 40.4 Å². The molecule has 1 aromatic carbocycles. The molecule has 0 heterocycles. The van der Waals surface area contributed by atoms with Crippen LogP contribution in [0.15, 0.2) is 18.2 Å². The van der Waals surface area contributed by atoms with Gasteiger partial charge >= 0.3 is 11.9 Å². The van der Waals surface area contributed by atoms with Crippen LogP contribution in [0.5, 0.6) is 0 Å². The summed E-state index contributed by atoms with van der Waals surface area (Å²) in [5.74, 6) is -1.45. The molecule has 0 aliphatic rings. The molecule has 14 N–H and O–H groups in total. The summed E-state index contributed by atoms with van der Waals surface area (Å²) in [6, 6.07) is 4.17. The molecule has 61 heavy (non-hydrogen) atoms. The Bertz CT molecular complexity index is 1090. The molecule has 0 saturated carbocycles. The van der Waals surface area contributed by atoms with Gasteiger partial charge in [0.2, 0.25) is 0 Å². The van der Waals surface area contributed by atoms with Crippen LogP contribution in [0.3, 0.4) is 0 Å². The van der Waals surface area contributed by atoms with Crippen LogP contribution < -0.4 is 0 Å². The molecule has 16 heteroatoms. The van der Waals surface area contributed by atoms with E-state index in [-0.39, 0.29) is 117 Å². The summed E-state index contributed by atoms with van der Waals surface area (Å²) >= 11 is 0. The van der Waals surface area contributed by atoms with Gasteiger partial charge in [0.05, 0.1) is 35.5 Å². The van der Waals surface area contributed by atoms with Crippen LogP contribution in [0.1, 0.15) is 142 Å². The number of rotatable bonds is 19. The maximum absolute atomic E-state index is 10.6. The van der Waals surface area contributed by atoms with E-state index in [0.717, 1.165) is 19.3 Å². The first-order valence-corrected chi connectivity index (χ1v) is 21.1. The van der Waals surface area contributed by atoms with E-state index in [1.807, 2.05) is 55.4 Å². The average Bonchev–Trinajstić information content (AvgIpc) is 3.20. The Morgan fingerprint density at radius 1 is 0.623 bits per heavy atom. The second-order valence-electron chi connectivity index (χ2n) is 17.3. The molecule has 0 aromatic heterocycles.